The monoisotopic (exact) mass is 273 g/mol. The number of nitriles is 1. The molecule has 0 amide bonds. The molecule has 0 aliphatic heterocycles. The lowest BCUT2D eigenvalue weighted by atomic mass is 10.2. The van der Waals surface area contributed by atoms with Crippen LogP contribution in [0.4, 0.5) is 0 Å². The predicted octanol–water partition coefficient (Wildman–Crippen LogP) is 3.70. The van der Waals surface area contributed by atoms with Gasteiger partial charge in [0.05, 0.1) is 22.2 Å². The number of halogens is 1. The van der Waals surface area contributed by atoms with Crippen LogP contribution in [0, 0.1) is 11.3 Å². The second kappa shape index (κ2) is 5.42. The van der Waals surface area contributed by atoms with Gasteiger partial charge in [0.1, 0.15) is 11.5 Å². The van der Waals surface area contributed by atoms with Crippen molar-refractivity contribution in [3.8, 4) is 17.6 Å². The Hall–Kier alpha value is -2.51. The Balaban J connectivity index is 2.25. The Labute approximate surface area is 114 Å². The highest BCUT2D eigenvalue weighted by Crippen LogP contribution is 2.26. The second-order valence-corrected chi connectivity index (χ2v) is 4.09. The maximum Gasteiger partial charge on any atom is 0.337 e. The molecule has 0 fully saturated rings. The van der Waals surface area contributed by atoms with Crippen molar-refractivity contribution in [2.45, 2.75) is 0 Å². The standard InChI is InChI=1S/C14H8ClNO3/c15-13-6-5-11(7-12(13)14(17)18)19-10-3-1-9(8-16)2-4-10/h1-7H,(H,17,18). The fraction of sp³-hybridized carbons (Fsp3) is 0. The molecule has 0 saturated carbocycles. The van der Waals surface area contributed by atoms with Gasteiger partial charge < -0.3 is 9.84 Å². The summed E-state index contributed by atoms with van der Waals surface area (Å²) in [6.07, 6.45) is 0. The number of ether oxygens (including phenoxy) is 1. The van der Waals surface area contributed by atoms with Crippen molar-refractivity contribution in [1.82, 2.24) is 0 Å². The fourth-order valence-corrected chi connectivity index (χ4v) is 1.66. The van der Waals surface area contributed by atoms with E-state index in [1.165, 1.54) is 12.1 Å². The number of aromatic carboxylic acids is 1. The van der Waals surface area contributed by atoms with Crippen LogP contribution in [0.5, 0.6) is 11.5 Å². The molecule has 0 aromatic heterocycles. The van der Waals surface area contributed by atoms with Crippen molar-refractivity contribution in [3.05, 3.63) is 58.6 Å². The van der Waals surface area contributed by atoms with Gasteiger partial charge in [-0.3, -0.25) is 0 Å². The number of hydrogen-bond acceptors (Lipinski definition) is 3. The largest absolute Gasteiger partial charge is 0.478 e. The van der Waals surface area contributed by atoms with E-state index in [4.69, 9.17) is 26.7 Å². The summed E-state index contributed by atoms with van der Waals surface area (Å²) in [5.74, 6) is -0.237. The molecule has 19 heavy (non-hydrogen) atoms. The van der Waals surface area contributed by atoms with Gasteiger partial charge in [-0.25, -0.2) is 4.79 Å². The summed E-state index contributed by atoms with van der Waals surface area (Å²) in [7, 11) is 0. The molecule has 0 saturated heterocycles. The third-order valence-electron chi connectivity index (χ3n) is 2.39. The smallest absolute Gasteiger partial charge is 0.337 e. The van der Waals surface area contributed by atoms with Gasteiger partial charge in [0.25, 0.3) is 0 Å². The van der Waals surface area contributed by atoms with Crippen LogP contribution in [0.25, 0.3) is 0 Å². The topological polar surface area (TPSA) is 70.3 Å². The lowest BCUT2D eigenvalue weighted by Gasteiger charge is -2.07. The highest BCUT2D eigenvalue weighted by Gasteiger charge is 2.10. The van der Waals surface area contributed by atoms with Gasteiger partial charge in [0, 0.05) is 0 Å². The highest BCUT2D eigenvalue weighted by atomic mass is 35.5. The molecule has 0 aliphatic rings. The lowest BCUT2D eigenvalue weighted by molar-refractivity contribution is 0.0696. The molecular formula is C14H8ClNO3. The minimum Gasteiger partial charge on any atom is -0.478 e. The summed E-state index contributed by atoms with van der Waals surface area (Å²) >= 11 is 5.76. The van der Waals surface area contributed by atoms with Gasteiger partial charge in [-0.2, -0.15) is 5.26 Å². The lowest BCUT2D eigenvalue weighted by Crippen LogP contribution is -1.97. The van der Waals surface area contributed by atoms with Crippen molar-refractivity contribution < 1.29 is 14.6 Å². The molecule has 0 spiro atoms. The number of carboxylic acids is 1. The van der Waals surface area contributed by atoms with Gasteiger partial charge >= 0.3 is 5.97 Å². The minimum absolute atomic E-state index is 0.0205. The summed E-state index contributed by atoms with van der Waals surface area (Å²) in [5, 5.41) is 17.8. The van der Waals surface area contributed by atoms with Gasteiger partial charge in [-0.05, 0) is 42.5 Å². The third kappa shape index (κ3) is 3.03. The van der Waals surface area contributed by atoms with E-state index >= 15 is 0 Å². The first kappa shape index (κ1) is 12.9. The molecule has 0 heterocycles. The molecule has 2 rings (SSSR count). The molecule has 4 nitrogen and oxygen atoms in total. The van der Waals surface area contributed by atoms with E-state index in [9.17, 15) is 4.79 Å². The molecule has 0 bridgehead atoms. The molecular weight excluding hydrogens is 266 g/mol. The maximum atomic E-state index is 10.9. The molecule has 5 heteroatoms. The number of carbonyl (C=O) groups is 1. The van der Waals surface area contributed by atoms with E-state index in [0.717, 1.165) is 0 Å². The van der Waals surface area contributed by atoms with E-state index in [1.807, 2.05) is 6.07 Å². The zero-order chi connectivity index (χ0) is 13.8. The summed E-state index contributed by atoms with van der Waals surface area (Å²) in [5.41, 5.74) is 0.502. The Morgan fingerprint density at radius 2 is 1.79 bits per heavy atom. The van der Waals surface area contributed by atoms with Crippen LogP contribution in [0.3, 0.4) is 0 Å². The fourth-order valence-electron chi connectivity index (χ4n) is 1.47. The molecule has 0 aliphatic carbocycles. The quantitative estimate of drug-likeness (QED) is 0.925. The molecule has 0 atom stereocenters. The first-order valence-electron chi connectivity index (χ1n) is 5.31. The maximum absolute atomic E-state index is 10.9. The molecule has 1 N–H and O–H groups in total. The Kier molecular flexibility index (Phi) is 3.69. The first-order chi connectivity index (χ1) is 9.10. The minimum atomic E-state index is -1.12. The van der Waals surface area contributed by atoms with E-state index in [1.54, 1.807) is 30.3 Å². The predicted molar refractivity (Wildman–Crippen MR) is 69.6 cm³/mol. The zero-order valence-corrected chi connectivity index (χ0v) is 10.4. The van der Waals surface area contributed by atoms with Crippen LogP contribution >= 0.6 is 11.6 Å². The summed E-state index contributed by atoms with van der Waals surface area (Å²) in [6.45, 7) is 0. The number of hydrogen-bond donors (Lipinski definition) is 1. The van der Waals surface area contributed by atoms with Gasteiger partial charge in [-0.1, -0.05) is 11.6 Å². The Bertz CT molecular complexity index is 659. The molecule has 2 aromatic carbocycles. The average Bonchev–Trinajstić information content (AvgIpc) is 2.41. The van der Waals surface area contributed by atoms with Crippen molar-refractivity contribution in [3.63, 3.8) is 0 Å². The highest BCUT2D eigenvalue weighted by molar-refractivity contribution is 6.33. The molecule has 2 aromatic rings. The van der Waals surface area contributed by atoms with Crippen LogP contribution < -0.4 is 4.74 Å². The zero-order valence-electron chi connectivity index (χ0n) is 9.63. The van der Waals surface area contributed by atoms with Crippen molar-refractivity contribution >= 4 is 17.6 Å². The first-order valence-corrected chi connectivity index (χ1v) is 5.69. The molecule has 0 unspecified atom stereocenters. The van der Waals surface area contributed by atoms with Crippen molar-refractivity contribution in [2.75, 3.05) is 0 Å². The Morgan fingerprint density at radius 3 is 2.37 bits per heavy atom. The molecule has 94 valence electrons. The van der Waals surface area contributed by atoms with E-state index < -0.39 is 5.97 Å². The van der Waals surface area contributed by atoms with Crippen LogP contribution in [0.1, 0.15) is 15.9 Å². The number of carboxylic acid groups (broad SMARTS) is 1. The number of nitrogens with zero attached hydrogens (tertiary/aromatic N) is 1. The average molecular weight is 274 g/mol. The normalized spacial score (nSPS) is 9.68. The van der Waals surface area contributed by atoms with E-state index in [0.29, 0.717) is 17.1 Å². The van der Waals surface area contributed by atoms with Gasteiger partial charge in [0.15, 0.2) is 0 Å². The van der Waals surface area contributed by atoms with E-state index in [2.05, 4.69) is 0 Å². The SMILES string of the molecule is N#Cc1ccc(Oc2ccc(Cl)c(C(=O)O)c2)cc1. The van der Waals surface area contributed by atoms with Gasteiger partial charge in [0.2, 0.25) is 0 Å². The summed E-state index contributed by atoms with van der Waals surface area (Å²) < 4.78 is 5.49. The van der Waals surface area contributed by atoms with E-state index in [-0.39, 0.29) is 10.6 Å². The number of rotatable bonds is 3. The van der Waals surface area contributed by atoms with Crippen LogP contribution in [0.2, 0.25) is 5.02 Å². The van der Waals surface area contributed by atoms with Crippen LogP contribution in [0.15, 0.2) is 42.5 Å². The molecule has 0 radical (unpaired) electrons. The summed E-state index contributed by atoms with van der Waals surface area (Å²) in [6, 6.07) is 12.9. The Morgan fingerprint density at radius 1 is 1.16 bits per heavy atom. The van der Waals surface area contributed by atoms with Crippen molar-refractivity contribution in [1.29, 1.82) is 5.26 Å². The van der Waals surface area contributed by atoms with Crippen LogP contribution in [-0.4, -0.2) is 11.1 Å². The number of benzene rings is 2. The summed E-state index contributed by atoms with van der Waals surface area (Å²) in [4.78, 5) is 10.9. The van der Waals surface area contributed by atoms with Gasteiger partial charge in [-0.15, -0.1) is 0 Å². The van der Waals surface area contributed by atoms with Crippen LogP contribution in [-0.2, 0) is 0 Å². The van der Waals surface area contributed by atoms with Crippen molar-refractivity contribution in [2.24, 2.45) is 0 Å². The third-order valence-corrected chi connectivity index (χ3v) is 2.72. The second-order valence-electron chi connectivity index (χ2n) is 3.69.